The first-order valence-corrected chi connectivity index (χ1v) is 7.68. The lowest BCUT2D eigenvalue weighted by Crippen LogP contribution is -2.49. The maximum absolute atomic E-state index is 12.7. The molecule has 0 aromatic carbocycles. The van der Waals surface area contributed by atoms with Gasteiger partial charge in [-0.3, -0.25) is 14.4 Å². The summed E-state index contributed by atoms with van der Waals surface area (Å²) >= 11 is 6.14. The van der Waals surface area contributed by atoms with Crippen LogP contribution in [0.25, 0.3) is 0 Å². The molecule has 0 saturated carbocycles. The van der Waals surface area contributed by atoms with Crippen molar-refractivity contribution in [1.82, 2.24) is 14.7 Å². The van der Waals surface area contributed by atoms with Crippen molar-refractivity contribution in [2.75, 3.05) is 33.4 Å². The van der Waals surface area contributed by atoms with Crippen LogP contribution in [-0.2, 0) is 16.0 Å². The van der Waals surface area contributed by atoms with Crippen LogP contribution in [0.1, 0.15) is 23.3 Å². The number of methoxy groups -OCH3 is 1. The fourth-order valence-corrected chi connectivity index (χ4v) is 3.32. The van der Waals surface area contributed by atoms with Crippen LogP contribution >= 0.6 is 11.6 Å². The number of carbonyl (C=O) groups is 1. The van der Waals surface area contributed by atoms with E-state index in [1.807, 2.05) is 0 Å². The molecule has 2 atom stereocenters. The first kappa shape index (κ1) is 15.0. The Labute approximate surface area is 128 Å². The largest absolute Gasteiger partial charge is 0.383 e. The van der Waals surface area contributed by atoms with Crippen molar-refractivity contribution < 1.29 is 14.3 Å². The van der Waals surface area contributed by atoms with Crippen LogP contribution in [0.15, 0.2) is 6.20 Å². The van der Waals surface area contributed by atoms with E-state index in [1.165, 1.54) is 12.6 Å². The Morgan fingerprint density at radius 1 is 1.62 bits per heavy atom. The molecule has 0 spiro atoms. The molecule has 2 unspecified atom stereocenters. The molecule has 2 fully saturated rings. The van der Waals surface area contributed by atoms with Gasteiger partial charge in [0.2, 0.25) is 5.78 Å². The summed E-state index contributed by atoms with van der Waals surface area (Å²) in [5.41, 5.74) is 0.427. The van der Waals surface area contributed by atoms with Gasteiger partial charge in [0.05, 0.1) is 31.0 Å². The van der Waals surface area contributed by atoms with Gasteiger partial charge in [-0.05, 0) is 19.4 Å². The molecule has 0 bridgehead atoms. The van der Waals surface area contributed by atoms with Crippen LogP contribution < -0.4 is 0 Å². The minimum Gasteiger partial charge on any atom is -0.383 e. The quantitative estimate of drug-likeness (QED) is 0.765. The van der Waals surface area contributed by atoms with E-state index in [1.54, 1.807) is 11.8 Å². The first-order valence-electron chi connectivity index (χ1n) is 7.31. The van der Waals surface area contributed by atoms with Crippen molar-refractivity contribution in [3.05, 3.63) is 16.9 Å². The third-order valence-electron chi connectivity index (χ3n) is 4.22. The minimum atomic E-state index is -0.449. The SMILES string of the molecule is COCCn1ncc(Cl)c1C(=O)C1CN2CCCC2CO1. The van der Waals surface area contributed by atoms with Gasteiger partial charge in [0, 0.05) is 19.7 Å². The summed E-state index contributed by atoms with van der Waals surface area (Å²) in [6, 6.07) is 0.475. The van der Waals surface area contributed by atoms with Crippen molar-refractivity contribution >= 4 is 17.4 Å². The number of fused-ring (bicyclic) bond motifs is 1. The van der Waals surface area contributed by atoms with E-state index in [9.17, 15) is 4.79 Å². The van der Waals surface area contributed by atoms with E-state index >= 15 is 0 Å². The Morgan fingerprint density at radius 2 is 2.48 bits per heavy atom. The lowest BCUT2D eigenvalue weighted by Gasteiger charge is -2.34. The van der Waals surface area contributed by atoms with Crippen LogP contribution in [0.3, 0.4) is 0 Å². The molecule has 6 nitrogen and oxygen atoms in total. The van der Waals surface area contributed by atoms with E-state index in [4.69, 9.17) is 21.1 Å². The second-order valence-electron chi connectivity index (χ2n) is 5.53. The zero-order chi connectivity index (χ0) is 14.8. The normalized spacial score (nSPS) is 26.0. The Kier molecular flexibility index (Phi) is 4.59. The molecule has 2 aliphatic rings. The third-order valence-corrected chi connectivity index (χ3v) is 4.49. The molecule has 2 saturated heterocycles. The van der Waals surface area contributed by atoms with Crippen LogP contribution in [0, 0.1) is 0 Å². The molecule has 21 heavy (non-hydrogen) atoms. The van der Waals surface area contributed by atoms with Gasteiger partial charge in [0.1, 0.15) is 11.8 Å². The molecule has 0 aliphatic carbocycles. The average molecular weight is 314 g/mol. The summed E-state index contributed by atoms with van der Waals surface area (Å²) in [7, 11) is 1.62. The second-order valence-corrected chi connectivity index (χ2v) is 5.94. The first-order chi connectivity index (χ1) is 10.2. The Hall–Kier alpha value is -0.950. The van der Waals surface area contributed by atoms with Crippen LogP contribution in [0.4, 0.5) is 0 Å². The number of ketones is 1. The number of ether oxygens (including phenoxy) is 2. The molecule has 0 N–H and O–H groups in total. The number of hydrogen-bond donors (Lipinski definition) is 0. The number of aromatic nitrogens is 2. The highest BCUT2D eigenvalue weighted by molar-refractivity contribution is 6.33. The number of Topliss-reactive ketones (excluding diaryl/α,β-unsaturated/α-hetero) is 1. The molecule has 3 heterocycles. The summed E-state index contributed by atoms with van der Waals surface area (Å²) in [6.45, 7) is 3.31. The van der Waals surface area contributed by atoms with Crippen LogP contribution in [-0.4, -0.2) is 66.0 Å². The fraction of sp³-hybridized carbons (Fsp3) is 0.714. The van der Waals surface area contributed by atoms with Crippen molar-refractivity contribution in [2.45, 2.75) is 31.5 Å². The van der Waals surface area contributed by atoms with E-state index in [-0.39, 0.29) is 5.78 Å². The number of carbonyl (C=O) groups excluding carboxylic acids is 1. The maximum Gasteiger partial charge on any atom is 0.212 e. The van der Waals surface area contributed by atoms with Gasteiger partial charge in [-0.25, -0.2) is 0 Å². The molecule has 1 aromatic rings. The summed E-state index contributed by atoms with van der Waals surface area (Å²) in [4.78, 5) is 15.1. The van der Waals surface area contributed by atoms with E-state index in [0.29, 0.717) is 43.1 Å². The standard InChI is InChI=1S/C14H20ClN3O3/c1-20-6-5-18-13(11(15)7-16-18)14(19)12-8-17-4-2-3-10(17)9-21-12/h7,10,12H,2-6,8-9H2,1H3. The number of hydrogen-bond acceptors (Lipinski definition) is 5. The van der Waals surface area contributed by atoms with Gasteiger partial charge in [0.15, 0.2) is 0 Å². The molecule has 1 aromatic heterocycles. The summed E-state index contributed by atoms with van der Waals surface area (Å²) in [6.07, 6.45) is 3.40. The van der Waals surface area contributed by atoms with E-state index in [2.05, 4.69) is 10.00 Å². The molecular formula is C14H20ClN3O3. The van der Waals surface area contributed by atoms with E-state index < -0.39 is 6.10 Å². The zero-order valence-corrected chi connectivity index (χ0v) is 12.9. The van der Waals surface area contributed by atoms with Crippen molar-refractivity contribution in [1.29, 1.82) is 0 Å². The van der Waals surface area contributed by atoms with Crippen molar-refractivity contribution in [3.8, 4) is 0 Å². The molecule has 7 heteroatoms. The summed E-state index contributed by atoms with van der Waals surface area (Å²) in [5, 5.41) is 4.53. The zero-order valence-electron chi connectivity index (χ0n) is 12.1. The Morgan fingerprint density at radius 3 is 3.29 bits per heavy atom. The third kappa shape index (κ3) is 2.99. The summed E-state index contributed by atoms with van der Waals surface area (Å²) in [5.74, 6) is -0.0843. The molecular weight excluding hydrogens is 294 g/mol. The van der Waals surface area contributed by atoms with Crippen molar-refractivity contribution in [2.24, 2.45) is 0 Å². The van der Waals surface area contributed by atoms with E-state index in [0.717, 1.165) is 13.0 Å². The van der Waals surface area contributed by atoms with Crippen LogP contribution in [0.2, 0.25) is 5.02 Å². The molecule has 116 valence electrons. The number of halogens is 1. The molecule has 2 aliphatic heterocycles. The molecule has 3 rings (SSSR count). The average Bonchev–Trinajstić information content (AvgIpc) is 3.10. The maximum atomic E-state index is 12.7. The van der Waals surface area contributed by atoms with Gasteiger partial charge >= 0.3 is 0 Å². The van der Waals surface area contributed by atoms with Gasteiger partial charge in [-0.15, -0.1) is 0 Å². The number of nitrogens with zero attached hydrogens (tertiary/aromatic N) is 3. The summed E-state index contributed by atoms with van der Waals surface area (Å²) < 4.78 is 12.4. The number of morpholine rings is 1. The van der Waals surface area contributed by atoms with Crippen LogP contribution in [0.5, 0.6) is 0 Å². The van der Waals surface area contributed by atoms with Gasteiger partial charge in [0.25, 0.3) is 0 Å². The smallest absolute Gasteiger partial charge is 0.212 e. The Bertz CT molecular complexity index is 520. The lowest BCUT2D eigenvalue weighted by molar-refractivity contribution is -0.0349. The highest BCUT2D eigenvalue weighted by Gasteiger charge is 2.37. The molecule has 0 radical (unpaired) electrons. The highest BCUT2D eigenvalue weighted by Crippen LogP contribution is 2.25. The Balaban J connectivity index is 1.74. The molecule has 0 amide bonds. The highest BCUT2D eigenvalue weighted by atomic mass is 35.5. The predicted molar refractivity (Wildman–Crippen MR) is 77.8 cm³/mol. The van der Waals surface area contributed by atoms with Gasteiger partial charge < -0.3 is 9.47 Å². The lowest BCUT2D eigenvalue weighted by atomic mass is 10.1. The van der Waals surface area contributed by atoms with Gasteiger partial charge in [-0.2, -0.15) is 5.10 Å². The minimum absolute atomic E-state index is 0.0843. The van der Waals surface area contributed by atoms with Gasteiger partial charge in [-0.1, -0.05) is 11.6 Å². The van der Waals surface area contributed by atoms with Crippen molar-refractivity contribution in [3.63, 3.8) is 0 Å². The monoisotopic (exact) mass is 313 g/mol. The predicted octanol–water partition coefficient (Wildman–Crippen LogP) is 1.23. The second kappa shape index (κ2) is 6.44. The topological polar surface area (TPSA) is 56.6 Å². The fourth-order valence-electron chi connectivity index (χ4n) is 3.08. The number of rotatable bonds is 5.